The molecule has 4 aliphatic carbocycles. The lowest BCUT2D eigenvalue weighted by Crippen LogP contribution is -2.62. The van der Waals surface area contributed by atoms with Crippen LogP contribution in [0.2, 0.25) is 0 Å². The molecule has 5 rings (SSSR count). The van der Waals surface area contributed by atoms with Gasteiger partial charge in [0, 0.05) is 38.0 Å². The van der Waals surface area contributed by atoms with Crippen LogP contribution < -0.4 is 0 Å². The lowest BCUT2D eigenvalue weighted by atomic mass is 9.46. The lowest BCUT2D eigenvalue weighted by molar-refractivity contribution is -0.163. The molecule has 1 heterocycles. The molecule has 4 nitrogen and oxygen atoms in total. The molecule has 2 amide bonds. The highest BCUT2D eigenvalue weighted by atomic mass is 16.2. The second-order valence-corrected chi connectivity index (χ2v) is 11.4. The quantitative estimate of drug-likeness (QED) is 0.713. The molecule has 162 valence electrons. The molecule has 0 spiro atoms. The van der Waals surface area contributed by atoms with Gasteiger partial charge < -0.3 is 9.80 Å². The van der Waals surface area contributed by atoms with Gasteiger partial charge in [0.05, 0.1) is 0 Å². The molecule has 0 aromatic rings. The number of nitrogens with zero attached hydrogens (tertiary/aromatic N) is 2. The van der Waals surface area contributed by atoms with E-state index in [1.54, 1.807) is 0 Å². The van der Waals surface area contributed by atoms with E-state index < -0.39 is 0 Å². The fourth-order valence-corrected chi connectivity index (χ4v) is 9.24. The van der Waals surface area contributed by atoms with E-state index >= 15 is 0 Å². The van der Waals surface area contributed by atoms with Crippen LogP contribution in [0.4, 0.5) is 0 Å². The number of hydrogen-bond donors (Lipinski definition) is 0. The Labute approximate surface area is 176 Å². The third-order valence-electron chi connectivity index (χ3n) is 10.8. The Kier molecular flexibility index (Phi) is 4.43. The zero-order chi connectivity index (χ0) is 20.7. The first-order chi connectivity index (χ1) is 13.8. The van der Waals surface area contributed by atoms with Crippen LogP contribution in [0.1, 0.15) is 72.6 Å². The van der Waals surface area contributed by atoms with Gasteiger partial charge in [-0.05, 0) is 93.3 Å². The van der Waals surface area contributed by atoms with Crippen molar-refractivity contribution in [2.75, 3.05) is 20.1 Å². The van der Waals surface area contributed by atoms with Crippen LogP contribution in [0.5, 0.6) is 0 Å². The number of carbonyl (C=O) groups excluding carboxylic acids is 2. The predicted octanol–water partition coefficient (Wildman–Crippen LogP) is 4.19. The highest BCUT2D eigenvalue weighted by Crippen LogP contribution is 2.71. The Morgan fingerprint density at radius 3 is 2.45 bits per heavy atom. The molecule has 4 saturated carbocycles. The summed E-state index contributed by atoms with van der Waals surface area (Å²) in [4.78, 5) is 30.2. The van der Waals surface area contributed by atoms with E-state index in [9.17, 15) is 9.59 Å². The van der Waals surface area contributed by atoms with Crippen molar-refractivity contribution in [2.45, 2.75) is 78.7 Å². The first kappa shape index (κ1) is 19.9. The molecule has 0 aromatic carbocycles. The van der Waals surface area contributed by atoms with Crippen molar-refractivity contribution >= 4 is 11.8 Å². The maximum absolute atomic E-state index is 13.3. The van der Waals surface area contributed by atoms with Gasteiger partial charge in [0.2, 0.25) is 11.8 Å². The highest BCUT2D eigenvalue weighted by molar-refractivity contribution is 5.83. The minimum absolute atomic E-state index is 0.184. The number of fused-ring (bicyclic) bond motifs is 7. The van der Waals surface area contributed by atoms with Crippen LogP contribution in [0.3, 0.4) is 0 Å². The Morgan fingerprint density at radius 1 is 1.03 bits per heavy atom. The van der Waals surface area contributed by atoms with E-state index in [2.05, 4.69) is 44.5 Å². The number of hydrogen-bond acceptors (Lipinski definition) is 2. The maximum atomic E-state index is 13.3. The van der Waals surface area contributed by atoms with Gasteiger partial charge in [-0.3, -0.25) is 9.59 Å². The van der Waals surface area contributed by atoms with Gasteiger partial charge in [0.15, 0.2) is 0 Å². The number of carbonyl (C=O) groups is 2. The summed E-state index contributed by atoms with van der Waals surface area (Å²) < 4.78 is 0. The summed E-state index contributed by atoms with van der Waals surface area (Å²) in [5.74, 6) is 4.20. The second kappa shape index (κ2) is 6.47. The van der Waals surface area contributed by atoms with E-state index in [-0.39, 0.29) is 11.3 Å². The number of piperidine rings is 1. The minimum Gasteiger partial charge on any atom is -0.343 e. The van der Waals surface area contributed by atoms with Crippen molar-refractivity contribution in [3.63, 3.8) is 0 Å². The van der Waals surface area contributed by atoms with Gasteiger partial charge in [0.25, 0.3) is 0 Å². The van der Waals surface area contributed by atoms with Gasteiger partial charge in [-0.15, -0.1) is 0 Å². The fourth-order valence-electron chi connectivity index (χ4n) is 9.24. The van der Waals surface area contributed by atoms with Gasteiger partial charge in [-0.1, -0.05) is 13.8 Å². The zero-order valence-corrected chi connectivity index (χ0v) is 19.1. The van der Waals surface area contributed by atoms with Gasteiger partial charge in [-0.2, -0.15) is 0 Å². The predicted molar refractivity (Wildman–Crippen MR) is 114 cm³/mol. The van der Waals surface area contributed by atoms with Crippen LogP contribution in [0.25, 0.3) is 0 Å². The van der Waals surface area contributed by atoms with Crippen molar-refractivity contribution in [1.82, 2.24) is 9.80 Å². The smallest absolute Gasteiger partial charge is 0.226 e. The maximum Gasteiger partial charge on any atom is 0.226 e. The molecule has 0 N–H and O–H groups in total. The van der Waals surface area contributed by atoms with E-state index in [1.807, 2.05) is 0 Å². The molecule has 0 aromatic heterocycles. The minimum atomic E-state index is 0.184. The normalized spacial score (nSPS) is 50.3. The summed E-state index contributed by atoms with van der Waals surface area (Å²) in [5.41, 5.74) is 0.488. The van der Waals surface area contributed by atoms with E-state index in [1.165, 1.54) is 32.1 Å². The first-order valence-electron chi connectivity index (χ1n) is 12.3. The summed E-state index contributed by atoms with van der Waals surface area (Å²) >= 11 is 0. The standard InChI is InChI=1S/C25H40N2O2/c1-6-27(7-2)23(29)19-10-9-17-15-8-11-21-25(4,18(15)12-13-24(17,19)3)20-14-16(20)22(28)26(21)5/h15-21H,6-14H2,1-5H3/t15-,16+,17-,18-,19+,20-,21+,24-,25-/m0/s1. The van der Waals surface area contributed by atoms with E-state index in [0.717, 1.165) is 37.8 Å². The van der Waals surface area contributed by atoms with Crippen molar-refractivity contribution < 1.29 is 9.59 Å². The topological polar surface area (TPSA) is 40.6 Å². The molecule has 5 aliphatic rings. The Bertz CT molecular complexity index is 718. The van der Waals surface area contributed by atoms with Gasteiger partial charge in [0.1, 0.15) is 0 Å². The Hall–Kier alpha value is -1.06. The largest absolute Gasteiger partial charge is 0.343 e. The third kappa shape index (κ3) is 2.44. The molecular formula is C25H40N2O2. The molecule has 9 atom stereocenters. The molecule has 0 radical (unpaired) electrons. The van der Waals surface area contributed by atoms with Crippen LogP contribution in [-0.2, 0) is 9.59 Å². The van der Waals surface area contributed by atoms with Gasteiger partial charge >= 0.3 is 0 Å². The van der Waals surface area contributed by atoms with E-state index in [4.69, 9.17) is 0 Å². The van der Waals surface area contributed by atoms with Crippen LogP contribution in [0, 0.1) is 46.3 Å². The molecule has 1 aliphatic heterocycles. The summed E-state index contributed by atoms with van der Waals surface area (Å²) in [5, 5.41) is 0. The van der Waals surface area contributed by atoms with Crippen molar-refractivity contribution in [1.29, 1.82) is 0 Å². The van der Waals surface area contributed by atoms with E-state index in [0.29, 0.717) is 41.0 Å². The van der Waals surface area contributed by atoms with Gasteiger partial charge in [-0.25, -0.2) is 0 Å². The molecule has 1 saturated heterocycles. The monoisotopic (exact) mass is 400 g/mol. The SMILES string of the molecule is CCN(CC)C(=O)[C@H]1CC[C@H]2[C@@H]3CC[C@H]4N(C)C(=O)[C@@H]5C[C@@H]5[C@]4(C)[C@H]3CC[C@]12C. The molecule has 29 heavy (non-hydrogen) atoms. The molecule has 0 bridgehead atoms. The van der Waals surface area contributed by atoms with Crippen LogP contribution >= 0.6 is 0 Å². The lowest BCUT2D eigenvalue weighted by Gasteiger charge is -2.62. The first-order valence-corrected chi connectivity index (χ1v) is 12.3. The third-order valence-corrected chi connectivity index (χ3v) is 10.8. The number of rotatable bonds is 3. The van der Waals surface area contributed by atoms with Crippen molar-refractivity contribution in [2.24, 2.45) is 46.3 Å². The molecule has 4 heteroatoms. The van der Waals surface area contributed by atoms with Crippen LogP contribution in [0.15, 0.2) is 0 Å². The van der Waals surface area contributed by atoms with Crippen molar-refractivity contribution in [3.8, 4) is 0 Å². The number of likely N-dealkylation sites (tertiary alicyclic amines) is 1. The summed E-state index contributed by atoms with van der Waals surface area (Å²) in [6.07, 6.45) is 8.34. The Balaban J connectivity index is 1.43. The average molecular weight is 401 g/mol. The highest BCUT2D eigenvalue weighted by Gasteiger charge is 2.69. The summed E-state index contributed by atoms with van der Waals surface area (Å²) in [6.45, 7) is 10.9. The zero-order valence-electron chi connectivity index (χ0n) is 19.1. The Morgan fingerprint density at radius 2 is 1.76 bits per heavy atom. The molecule has 0 unspecified atom stereocenters. The average Bonchev–Trinajstić information content (AvgIpc) is 3.44. The number of amides is 2. The summed E-state index contributed by atoms with van der Waals surface area (Å²) in [7, 11) is 2.07. The van der Waals surface area contributed by atoms with Crippen LogP contribution in [-0.4, -0.2) is 47.8 Å². The second-order valence-electron chi connectivity index (χ2n) is 11.4. The summed E-state index contributed by atoms with van der Waals surface area (Å²) in [6, 6.07) is 0.443. The molecular weight excluding hydrogens is 360 g/mol. The fraction of sp³-hybridized carbons (Fsp3) is 0.920. The molecule has 5 fully saturated rings. The van der Waals surface area contributed by atoms with Crippen molar-refractivity contribution in [3.05, 3.63) is 0 Å².